The lowest BCUT2D eigenvalue weighted by Gasteiger charge is -2.07. The minimum Gasteiger partial charge on any atom is -0.392 e. The monoisotopic (exact) mass is 251 g/mol. The van der Waals surface area contributed by atoms with Gasteiger partial charge in [0.15, 0.2) is 0 Å². The molecule has 0 amide bonds. The molecule has 82 valence electrons. The number of hydrogen-bond donors (Lipinski definition) is 1. The van der Waals surface area contributed by atoms with Crippen LogP contribution in [-0.2, 0) is 6.61 Å². The van der Waals surface area contributed by atoms with Crippen molar-refractivity contribution in [1.29, 1.82) is 0 Å². The molecule has 0 unspecified atom stereocenters. The molecule has 0 saturated carbocycles. The van der Waals surface area contributed by atoms with Gasteiger partial charge in [-0.3, -0.25) is 4.98 Å². The highest BCUT2D eigenvalue weighted by Crippen LogP contribution is 2.32. The van der Waals surface area contributed by atoms with Gasteiger partial charge >= 0.3 is 0 Å². The van der Waals surface area contributed by atoms with Gasteiger partial charge in [-0.15, -0.1) is 0 Å². The van der Waals surface area contributed by atoms with Crippen LogP contribution < -0.4 is 0 Å². The molecule has 2 nitrogen and oxygen atoms in total. The quantitative estimate of drug-likeness (QED) is 0.908. The summed E-state index contributed by atoms with van der Waals surface area (Å²) < 4.78 is 0. The number of halogens is 1. The summed E-state index contributed by atoms with van der Waals surface area (Å²) >= 11 is 7.50. The van der Waals surface area contributed by atoms with Crippen molar-refractivity contribution in [2.45, 2.75) is 16.4 Å². The molecule has 1 N–H and O–H groups in total. The summed E-state index contributed by atoms with van der Waals surface area (Å²) in [5.41, 5.74) is 0.881. The highest BCUT2D eigenvalue weighted by Gasteiger charge is 2.04. The number of aliphatic hydroxyl groups is 1. The fourth-order valence-electron chi connectivity index (χ4n) is 1.29. The van der Waals surface area contributed by atoms with Crippen LogP contribution in [-0.4, -0.2) is 10.1 Å². The Hall–Kier alpha value is -1.03. The van der Waals surface area contributed by atoms with Crippen LogP contribution in [0.1, 0.15) is 5.56 Å². The zero-order valence-corrected chi connectivity index (χ0v) is 10.0. The molecule has 1 aromatic heterocycles. The second-order valence-corrected chi connectivity index (χ2v) is 4.75. The van der Waals surface area contributed by atoms with Gasteiger partial charge in [-0.05, 0) is 29.8 Å². The number of nitrogens with zero attached hydrogens (tertiary/aromatic N) is 1. The molecule has 16 heavy (non-hydrogen) atoms. The molecule has 0 radical (unpaired) electrons. The van der Waals surface area contributed by atoms with E-state index in [1.54, 1.807) is 30.2 Å². The first-order valence-electron chi connectivity index (χ1n) is 4.77. The van der Waals surface area contributed by atoms with Crippen LogP contribution in [0, 0.1) is 0 Å². The van der Waals surface area contributed by atoms with Gasteiger partial charge in [-0.1, -0.05) is 29.4 Å². The molecule has 2 aromatic rings. The Labute approximate surface area is 103 Å². The molecule has 4 heteroatoms. The molecule has 0 aliphatic rings. The summed E-state index contributed by atoms with van der Waals surface area (Å²) in [6, 6.07) is 9.33. The first kappa shape index (κ1) is 11.5. The maximum absolute atomic E-state index is 9.22. The summed E-state index contributed by atoms with van der Waals surface area (Å²) in [6.45, 7) is 0.0184. The van der Waals surface area contributed by atoms with Crippen molar-refractivity contribution in [1.82, 2.24) is 4.98 Å². The van der Waals surface area contributed by atoms with Crippen molar-refractivity contribution in [3.8, 4) is 0 Å². The van der Waals surface area contributed by atoms with Crippen LogP contribution in [0.4, 0.5) is 0 Å². The normalized spacial score (nSPS) is 10.4. The van der Waals surface area contributed by atoms with E-state index in [0.29, 0.717) is 5.02 Å². The van der Waals surface area contributed by atoms with E-state index in [1.807, 2.05) is 24.3 Å². The van der Waals surface area contributed by atoms with E-state index in [9.17, 15) is 5.11 Å². The molecule has 0 saturated heterocycles. The molecule has 1 heterocycles. The molecule has 0 spiro atoms. The number of hydrogen-bond acceptors (Lipinski definition) is 3. The van der Waals surface area contributed by atoms with Crippen LogP contribution >= 0.6 is 23.4 Å². The summed E-state index contributed by atoms with van der Waals surface area (Å²) in [4.78, 5) is 6.01. The Kier molecular flexibility index (Phi) is 3.83. The highest BCUT2D eigenvalue weighted by atomic mass is 35.5. The Bertz CT molecular complexity index is 476. The van der Waals surface area contributed by atoms with Gasteiger partial charge in [0, 0.05) is 27.2 Å². The Morgan fingerprint density at radius 1 is 1.19 bits per heavy atom. The van der Waals surface area contributed by atoms with Crippen molar-refractivity contribution in [2.75, 3.05) is 0 Å². The molecule has 0 aliphatic carbocycles. The molecule has 0 atom stereocenters. The van der Waals surface area contributed by atoms with Crippen LogP contribution in [0.5, 0.6) is 0 Å². The number of aromatic nitrogens is 1. The molecular formula is C12H10ClNOS. The van der Waals surface area contributed by atoms with Gasteiger partial charge in [-0.2, -0.15) is 0 Å². The van der Waals surface area contributed by atoms with Crippen molar-refractivity contribution in [3.05, 3.63) is 53.3 Å². The lowest BCUT2D eigenvalue weighted by molar-refractivity contribution is 0.279. The van der Waals surface area contributed by atoms with Gasteiger partial charge in [0.2, 0.25) is 0 Å². The minimum absolute atomic E-state index is 0.0184. The zero-order valence-electron chi connectivity index (χ0n) is 8.43. The minimum atomic E-state index is 0.0184. The van der Waals surface area contributed by atoms with E-state index in [-0.39, 0.29) is 6.61 Å². The molecule has 0 bridgehead atoms. The summed E-state index contributed by atoms with van der Waals surface area (Å²) in [5, 5.41) is 9.89. The van der Waals surface area contributed by atoms with E-state index in [2.05, 4.69) is 4.98 Å². The van der Waals surface area contributed by atoms with E-state index in [4.69, 9.17) is 11.6 Å². The van der Waals surface area contributed by atoms with Crippen molar-refractivity contribution in [2.24, 2.45) is 0 Å². The van der Waals surface area contributed by atoms with Gasteiger partial charge in [0.25, 0.3) is 0 Å². The van der Waals surface area contributed by atoms with Crippen LogP contribution in [0.2, 0.25) is 5.02 Å². The Balaban J connectivity index is 2.30. The summed E-state index contributed by atoms with van der Waals surface area (Å²) in [6.07, 6.45) is 3.48. The largest absolute Gasteiger partial charge is 0.392 e. The van der Waals surface area contributed by atoms with Crippen molar-refractivity contribution >= 4 is 23.4 Å². The predicted molar refractivity (Wildman–Crippen MR) is 65.7 cm³/mol. The summed E-state index contributed by atoms with van der Waals surface area (Å²) in [7, 11) is 0. The number of aliphatic hydroxyl groups excluding tert-OH is 1. The average Bonchev–Trinajstić information content (AvgIpc) is 2.31. The molecule has 1 aromatic carbocycles. The Morgan fingerprint density at radius 3 is 2.62 bits per heavy atom. The topological polar surface area (TPSA) is 33.1 Å². The van der Waals surface area contributed by atoms with E-state index >= 15 is 0 Å². The third kappa shape index (κ3) is 2.76. The predicted octanol–water partition coefficient (Wildman–Crippen LogP) is 3.38. The summed E-state index contributed by atoms with van der Waals surface area (Å²) in [5.74, 6) is 0. The van der Waals surface area contributed by atoms with E-state index in [1.165, 1.54) is 0 Å². The van der Waals surface area contributed by atoms with Crippen LogP contribution in [0.3, 0.4) is 0 Å². The molecule has 2 rings (SSSR count). The third-order valence-corrected chi connectivity index (χ3v) is 3.42. The first-order chi connectivity index (χ1) is 7.79. The van der Waals surface area contributed by atoms with Gasteiger partial charge in [0.05, 0.1) is 6.61 Å². The number of rotatable bonds is 3. The average molecular weight is 252 g/mol. The number of benzene rings is 1. The second-order valence-electron chi connectivity index (χ2n) is 3.20. The standard InChI is InChI=1S/C12H10ClNOS/c13-10-2-1-9(8-15)12(7-10)16-11-3-5-14-6-4-11/h1-7,15H,8H2. The Morgan fingerprint density at radius 2 is 1.94 bits per heavy atom. The maximum atomic E-state index is 9.22. The van der Waals surface area contributed by atoms with Gasteiger partial charge in [-0.25, -0.2) is 0 Å². The smallest absolute Gasteiger partial charge is 0.0692 e. The zero-order chi connectivity index (χ0) is 11.4. The van der Waals surface area contributed by atoms with Crippen molar-refractivity contribution in [3.63, 3.8) is 0 Å². The molecular weight excluding hydrogens is 242 g/mol. The first-order valence-corrected chi connectivity index (χ1v) is 5.96. The SMILES string of the molecule is OCc1ccc(Cl)cc1Sc1ccncc1. The van der Waals surface area contributed by atoms with E-state index < -0.39 is 0 Å². The van der Waals surface area contributed by atoms with Crippen LogP contribution in [0.25, 0.3) is 0 Å². The third-order valence-electron chi connectivity index (χ3n) is 2.08. The second kappa shape index (κ2) is 5.34. The molecule has 0 fully saturated rings. The number of pyridine rings is 1. The fourth-order valence-corrected chi connectivity index (χ4v) is 2.49. The highest BCUT2D eigenvalue weighted by molar-refractivity contribution is 7.99. The van der Waals surface area contributed by atoms with Crippen molar-refractivity contribution < 1.29 is 5.11 Å². The molecule has 0 aliphatic heterocycles. The van der Waals surface area contributed by atoms with Gasteiger partial charge < -0.3 is 5.11 Å². The van der Waals surface area contributed by atoms with Gasteiger partial charge in [0.1, 0.15) is 0 Å². The maximum Gasteiger partial charge on any atom is 0.0692 e. The fraction of sp³-hybridized carbons (Fsp3) is 0.0833. The lowest BCUT2D eigenvalue weighted by Crippen LogP contribution is -1.87. The van der Waals surface area contributed by atoms with Crippen LogP contribution in [0.15, 0.2) is 52.5 Å². The lowest BCUT2D eigenvalue weighted by atomic mass is 10.2. The van der Waals surface area contributed by atoms with E-state index in [0.717, 1.165) is 15.4 Å².